The van der Waals surface area contributed by atoms with E-state index in [9.17, 15) is 4.39 Å². The average Bonchev–Trinajstić information content (AvgIpc) is 2.87. The predicted molar refractivity (Wildman–Crippen MR) is 112 cm³/mol. The number of aryl methyl sites for hydroxylation is 2. The van der Waals surface area contributed by atoms with E-state index in [0.29, 0.717) is 19.7 Å². The third-order valence-corrected chi connectivity index (χ3v) is 4.57. The van der Waals surface area contributed by atoms with Crippen molar-refractivity contribution in [1.29, 1.82) is 0 Å². The number of aliphatic imine (C=N–C) groups is 1. The number of halogens is 2. The monoisotopic (exact) mass is 478 g/mol. The van der Waals surface area contributed by atoms with Gasteiger partial charge in [-0.3, -0.25) is 4.99 Å². The fourth-order valence-electron chi connectivity index (χ4n) is 2.24. The molecular formula is C17H24FIN4OS. The summed E-state index contributed by atoms with van der Waals surface area (Å²) in [6.45, 7) is 5.66. The Bertz CT molecular complexity index is 708. The van der Waals surface area contributed by atoms with Crippen molar-refractivity contribution in [3.05, 3.63) is 45.7 Å². The van der Waals surface area contributed by atoms with Crippen LogP contribution in [0.5, 0.6) is 5.75 Å². The van der Waals surface area contributed by atoms with Gasteiger partial charge in [0.05, 0.1) is 23.8 Å². The fraction of sp³-hybridized carbons (Fsp3) is 0.412. The number of guanidine groups is 1. The summed E-state index contributed by atoms with van der Waals surface area (Å²) >= 11 is 1.68. The summed E-state index contributed by atoms with van der Waals surface area (Å²) in [4.78, 5) is 11.8. The van der Waals surface area contributed by atoms with E-state index >= 15 is 0 Å². The number of hydrogen-bond donors (Lipinski definition) is 1. The second-order valence-corrected chi connectivity index (χ2v) is 6.63. The number of hydrogen-bond acceptors (Lipinski definition) is 4. The molecule has 2 rings (SSSR count). The van der Waals surface area contributed by atoms with Gasteiger partial charge in [0, 0.05) is 19.0 Å². The first-order chi connectivity index (χ1) is 11.5. The zero-order chi connectivity index (χ0) is 17.5. The van der Waals surface area contributed by atoms with Crippen LogP contribution in [-0.4, -0.2) is 43.1 Å². The summed E-state index contributed by atoms with van der Waals surface area (Å²) < 4.78 is 19.0. The topological polar surface area (TPSA) is 49.8 Å². The number of likely N-dealkylation sites (N-methyl/N-ethyl adjacent to an activating group) is 1. The highest BCUT2D eigenvalue weighted by Gasteiger charge is 2.09. The minimum absolute atomic E-state index is 0. The molecule has 0 saturated heterocycles. The van der Waals surface area contributed by atoms with Gasteiger partial charge in [-0.25, -0.2) is 9.37 Å². The highest BCUT2D eigenvalue weighted by molar-refractivity contribution is 14.0. The Kier molecular flexibility index (Phi) is 9.12. The molecule has 25 heavy (non-hydrogen) atoms. The van der Waals surface area contributed by atoms with Crippen LogP contribution >= 0.6 is 35.3 Å². The molecule has 2 aromatic rings. The van der Waals surface area contributed by atoms with Crippen LogP contribution in [0.2, 0.25) is 0 Å². The Labute approximate surface area is 169 Å². The smallest absolute Gasteiger partial charge is 0.193 e. The van der Waals surface area contributed by atoms with E-state index in [0.717, 1.165) is 16.7 Å². The number of nitrogens with one attached hydrogen (secondary N) is 1. The maximum atomic E-state index is 13.5. The number of nitrogens with zero attached hydrogens (tertiary/aromatic N) is 3. The summed E-state index contributed by atoms with van der Waals surface area (Å²) in [5, 5.41) is 4.38. The molecule has 0 aliphatic heterocycles. The fourth-order valence-corrected chi connectivity index (χ4v) is 3.12. The van der Waals surface area contributed by atoms with E-state index in [1.807, 2.05) is 25.8 Å². The van der Waals surface area contributed by atoms with E-state index in [2.05, 4.69) is 15.3 Å². The quantitative estimate of drug-likeness (QED) is 0.392. The zero-order valence-corrected chi connectivity index (χ0v) is 18.0. The number of para-hydroxylation sites is 1. The van der Waals surface area contributed by atoms with Gasteiger partial charge in [-0.05, 0) is 26.0 Å². The molecule has 1 aromatic carbocycles. The Morgan fingerprint density at radius 3 is 2.68 bits per heavy atom. The zero-order valence-electron chi connectivity index (χ0n) is 14.9. The van der Waals surface area contributed by atoms with E-state index < -0.39 is 0 Å². The van der Waals surface area contributed by atoms with Crippen molar-refractivity contribution in [3.8, 4) is 5.75 Å². The first kappa shape index (κ1) is 21.6. The number of benzene rings is 1. The van der Waals surface area contributed by atoms with Crippen LogP contribution in [-0.2, 0) is 6.54 Å². The van der Waals surface area contributed by atoms with Crippen LogP contribution in [0.3, 0.4) is 0 Å². The second kappa shape index (κ2) is 10.5. The average molecular weight is 478 g/mol. The van der Waals surface area contributed by atoms with Crippen molar-refractivity contribution in [2.75, 3.05) is 27.2 Å². The third-order valence-electron chi connectivity index (χ3n) is 3.50. The number of aromatic nitrogens is 1. The molecule has 1 aromatic heterocycles. The maximum absolute atomic E-state index is 13.5. The molecule has 0 saturated carbocycles. The highest BCUT2D eigenvalue weighted by atomic mass is 127. The molecule has 0 amide bonds. The van der Waals surface area contributed by atoms with E-state index in [-0.39, 0.29) is 35.5 Å². The molecule has 0 aliphatic rings. The molecule has 0 unspecified atom stereocenters. The Morgan fingerprint density at radius 2 is 2.08 bits per heavy atom. The molecule has 5 nitrogen and oxygen atoms in total. The largest absolute Gasteiger partial charge is 0.489 e. The van der Waals surface area contributed by atoms with Crippen molar-refractivity contribution >= 4 is 41.3 Å². The lowest BCUT2D eigenvalue weighted by molar-refractivity contribution is 0.270. The van der Waals surface area contributed by atoms with Crippen LogP contribution in [0.15, 0.2) is 29.3 Å². The van der Waals surface area contributed by atoms with E-state index in [1.165, 1.54) is 10.9 Å². The van der Waals surface area contributed by atoms with Gasteiger partial charge >= 0.3 is 0 Å². The van der Waals surface area contributed by atoms with Gasteiger partial charge < -0.3 is 15.0 Å². The summed E-state index contributed by atoms with van der Waals surface area (Å²) in [6.07, 6.45) is 0. The first-order valence-corrected chi connectivity index (χ1v) is 8.55. The molecule has 0 radical (unpaired) electrons. The van der Waals surface area contributed by atoms with Crippen LogP contribution in [0.4, 0.5) is 4.39 Å². The normalized spacial score (nSPS) is 11.0. The van der Waals surface area contributed by atoms with Crippen molar-refractivity contribution in [3.63, 3.8) is 0 Å². The molecule has 0 spiro atoms. The van der Waals surface area contributed by atoms with Crippen molar-refractivity contribution in [1.82, 2.24) is 15.2 Å². The van der Waals surface area contributed by atoms with Gasteiger partial charge in [-0.15, -0.1) is 35.3 Å². The van der Waals surface area contributed by atoms with Gasteiger partial charge in [0.1, 0.15) is 6.61 Å². The van der Waals surface area contributed by atoms with E-state index in [1.54, 1.807) is 36.6 Å². The molecule has 0 atom stereocenters. The summed E-state index contributed by atoms with van der Waals surface area (Å²) in [7, 11) is 3.66. The lowest BCUT2D eigenvalue weighted by Crippen LogP contribution is -2.40. The van der Waals surface area contributed by atoms with Crippen molar-refractivity contribution < 1.29 is 9.13 Å². The third kappa shape index (κ3) is 6.43. The molecule has 0 bridgehead atoms. The van der Waals surface area contributed by atoms with Gasteiger partial charge in [-0.2, -0.15) is 0 Å². The maximum Gasteiger partial charge on any atom is 0.193 e. The van der Waals surface area contributed by atoms with Gasteiger partial charge in [-0.1, -0.05) is 12.1 Å². The lowest BCUT2D eigenvalue weighted by atomic mass is 10.3. The number of ether oxygens (including phenoxy) is 1. The first-order valence-electron chi connectivity index (χ1n) is 7.73. The summed E-state index contributed by atoms with van der Waals surface area (Å²) in [6, 6.07) is 6.40. The number of rotatable bonds is 6. The summed E-state index contributed by atoms with van der Waals surface area (Å²) in [5.74, 6) is 0.681. The Morgan fingerprint density at radius 1 is 1.36 bits per heavy atom. The van der Waals surface area contributed by atoms with E-state index in [4.69, 9.17) is 4.74 Å². The lowest BCUT2D eigenvalue weighted by Gasteiger charge is -2.22. The van der Waals surface area contributed by atoms with Crippen molar-refractivity contribution in [2.45, 2.75) is 20.4 Å². The molecule has 1 N–H and O–H groups in total. The van der Waals surface area contributed by atoms with Crippen LogP contribution in [0.1, 0.15) is 15.6 Å². The van der Waals surface area contributed by atoms with Gasteiger partial charge in [0.2, 0.25) is 0 Å². The highest BCUT2D eigenvalue weighted by Crippen LogP contribution is 2.17. The number of thiazole rings is 1. The van der Waals surface area contributed by atoms with Crippen molar-refractivity contribution in [2.24, 2.45) is 4.99 Å². The molecular weight excluding hydrogens is 454 g/mol. The minimum Gasteiger partial charge on any atom is -0.489 e. The molecule has 0 aliphatic carbocycles. The Balaban J connectivity index is 0.00000312. The predicted octanol–water partition coefficient (Wildman–Crippen LogP) is 3.60. The standard InChI is InChI=1S/C17H23FN4OS.HI/c1-12-16(24-13(2)21-12)11-20-17(19-3)22(4)9-10-23-15-8-6-5-7-14(15)18;/h5-8H,9-11H2,1-4H3,(H,19,20);1H. The van der Waals surface area contributed by atoms with Crippen LogP contribution < -0.4 is 10.1 Å². The molecule has 0 fully saturated rings. The Hall–Kier alpha value is -1.42. The summed E-state index contributed by atoms with van der Waals surface area (Å²) in [5.41, 5.74) is 1.05. The minimum atomic E-state index is -0.348. The molecule has 8 heteroatoms. The van der Waals surface area contributed by atoms with Crippen LogP contribution in [0.25, 0.3) is 0 Å². The molecule has 138 valence electrons. The van der Waals surface area contributed by atoms with Gasteiger partial charge in [0.25, 0.3) is 0 Å². The van der Waals surface area contributed by atoms with Crippen LogP contribution in [0, 0.1) is 19.7 Å². The molecule has 1 heterocycles. The van der Waals surface area contributed by atoms with Gasteiger partial charge in [0.15, 0.2) is 17.5 Å². The second-order valence-electron chi connectivity index (χ2n) is 5.34. The SMILES string of the molecule is CN=C(NCc1sc(C)nc1C)N(C)CCOc1ccccc1F.I.